The first-order chi connectivity index (χ1) is 8.59. The van der Waals surface area contributed by atoms with Crippen molar-refractivity contribution < 1.29 is 19.8 Å². The fourth-order valence-electron chi connectivity index (χ4n) is 1.98. The van der Waals surface area contributed by atoms with E-state index in [-0.39, 0.29) is 12.5 Å². The third-order valence-electron chi connectivity index (χ3n) is 2.84. The number of aliphatic hydroxyl groups excluding tert-OH is 1. The van der Waals surface area contributed by atoms with Crippen LogP contribution in [0, 0.1) is 0 Å². The van der Waals surface area contributed by atoms with Crippen molar-refractivity contribution >= 4 is 17.6 Å². The minimum absolute atomic E-state index is 0.110. The van der Waals surface area contributed by atoms with Crippen LogP contribution in [0.3, 0.4) is 0 Å². The van der Waals surface area contributed by atoms with Crippen LogP contribution in [0.5, 0.6) is 0 Å². The summed E-state index contributed by atoms with van der Waals surface area (Å²) in [6, 6.07) is 6.68. The number of amides is 1. The van der Waals surface area contributed by atoms with Crippen LogP contribution in [0.2, 0.25) is 0 Å². The Morgan fingerprint density at radius 3 is 2.78 bits per heavy atom. The van der Waals surface area contributed by atoms with Gasteiger partial charge < -0.3 is 20.4 Å². The molecule has 1 heterocycles. The standard InChI is InChI=1S/C12H14N2O4/c15-10-7-14(6-5-13-10)9-4-2-1-3-8(9)11(16)12(17)18/h1-4,11,16H,5-7H2,(H,13,15)(H,17,18). The van der Waals surface area contributed by atoms with Crippen molar-refractivity contribution in [2.75, 3.05) is 24.5 Å². The second-order valence-electron chi connectivity index (χ2n) is 4.07. The molecule has 0 radical (unpaired) electrons. The zero-order chi connectivity index (χ0) is 13.1. The van der Waals surface area contributed by atoms with Gasteiger partial charge in [0.05, 0.1) is 6.54 Å². The summed E-state index contributed by atoms with van der Waals surface area (Å²) in [5, 5.41) is 21.2. The van der Waals surface area contributed by atoms with Gasteiger partial charge in [-0.25, -0.2) is 4.79 Å². The number of nitrogens with one attached hydrogen (secondary N) is 1. The van der Waals surface area contributed by atoms with Gasteiger partial charge in [-0.1, -0.05) is 18.2 Å². The number of hydrogen-bond donors (Lipinski definition) is 3. The molecule has 0 bridgehead atoms. The van der Waals surface area contributed by atoms with E-state index < -0.39 is 12.1 Å². The van der Waals surface area contributed by atoms with E-state index in [4.69, 9.17) is 5.11 Å². The number of aliphatic hydroxyl groups is 1. The highest BCUT2D eigenvalue weighted by Gasteiger charge is 2.24. The van der Waals surface area contributed by atoms with Crippen LogP contribution >= 0.6 is 0 Å². The van der Waals surface area contributed by atoms with Crippen molar-refractivity contribution in [3.05, 3.63) is 29.8 Å². The van der Waals surface area contributed by atoms with E-state index in [1.807, 2.05) is 0 Å². The van der Waals surface area contributed by atoms with E-state index in [0.29, 0.717) is 24.3 Å². The summed E-state index contributed by atoms with van der Waals surface area (Å²) in [4.78, 5) is 23.9. The molecule has 1 aliphatic heterocycles. The Bertz CT molecular complexity index is 475. The minimum atomic E-state index is -1.58. The lowest BCUT2D eigenvalue weighted by Crippen LogP contribution is -2.48. The number of hydrogen-bond acceptors (Lipinski definition) is 4. The summed E-state index contributed by atoms with van der Waals surface area (Å²) >= 11 is 0. The Morgan fingerprint density at radius 2 is 2.11 bits per heavy atom. The van der Waals surface area contributed by atoms with Crippen LogP contribution in [0.4, 0.5) is 5.69 Å². The molecular weight excluding hydrogens is 236 g/mol. The van der Waals surface area contributed by atoms with Crippen LogP contribution in [0.25, 0.3) is 0 Å². The van der Waals surface area contributed by atoms with Gasteiger partial charge in [0, 0.05) is 24.3 Å². The average molecular weight is 250 g/mol. The second kappa shape index (κ2) is 5.05. The zero-order valence-electron chi connectivity index (χ0n) is 9.67. The number of nitrogens with zero attached hydrogens (tertiary/aromatic N) is 1. The third kappa shape index (κ3) is 2.43. The Balaban J connectivity index is 2.32. The summed E-state index contributed by atoms with van der Waals surface area (Å²) in [6.07, 6.45) is -1.58. The summed E-state index contributed by atoms with van der Waals surface area (Å²) in [5.74, 6) is -1.41. The molecule has 6 heteroatoms. The maximum atomic E-state index is 11.3. The molecule has 0 aliphatic carbocycles. The SMILES string of the molecule is O=C1CN(c2ccccc2C(O)C(=O)O)CCN1. The van der Waals surface area contributed by atoms with Crippen molar-refractivity contribution in [3.63, 3.8) is 0 Å². The van der Waals surface area contributed by atoms with Gasteiger partial charge in [0.2, 0.25) is 5.91 Å². The molecule has 1 atom stereocenters. The first-order valence-electron chi connectivity index (χ1n) is 5.61. The molecule has 1 fully saturated rings. The number of carboxylic acids is 1. The first-order valence-corrected chi connectivity index (χ1v) is 5.61. The highest BCUT2D eigenvalue weighted by molar-refractivity contribution is 5.84. The summed E-state index contributed by atoms with van der Waals surface area (Å²) in [6.45, 7) is 1.27. The maximum absolute atomic E-state index is 11.3. The van der Waals surface area contributed by atoms with E-state index in [9.17, 15) is 14.7 Å². The van der Waals surface area contributed by atoms with Gasteiger partial charge in [0.25, 0.3) is 0 Å². The highest BCUT2D eigenvalue weighted by atomic mass is 16.4. The lowest BCUT2D eigenvalue weighted by molar-refractivity contribution is -0.146. The lowest BCUT2D eigenvalue weighted by atomic mass is 10.1. The Kier molecular flexibility index (Phi) is 3.47. The van der Waals surface area contributed by atoms with Gasteiger partial charge in [-0.05, 0) is 6.07 Å². The number of benzene rings is 1. The van der Waals surface area contributed by atoms with E-state index in [1.165, 1.54) is 0 Å². The maximum Gasteiger partial charge on any atom is 0.337 e. The molecule has 18 heavy (non-hydrogen) atoms. The smallest absolute Gasteiger partial charge is 0.337 e. The molecule has 6 nitrogen and oxygen atoms in total. The van der Waals surface area contributed by atoms with Gasteiger partial charge in [-0.2, -0.15) is 0 Å². The fraction of sp³-hybridized carbons (Fsp3) is 0.333. The largest absolute Gasteiger partial charge is 0.479 e. The van der Waals surface area contributed by atoms with Crippen molar-refractivity contribution in [3.8, 4) is 0 Å². The average Bonchev–Trinajstić information content (AvgIpc) is 2.38. The van der Waals surface area contributed by atoms with E-state index in [2.05, 4.69) is 5.32 Å². The Labute approximate surface area is 104 Å². The summed E-state index contributed by atoms with van der Waals surface area (Å²) < 4.78 is 0. The number of aliphatic carboxylic acids is 1. The van der Waals surface area contributed by atoms with Crippen LogP contribution in [-0.4, -0.2) is 41.7 Å². The molecule has 0 aromatic heterocycles. The molecule has 0 saturated carbocycles. The number of carbonyl (C=O) groups excluding carboxylic acids is 1. The predicted molar refractivity (Wildman–Crippen MR) is 64.3 cm³/mol. The summed E-state index contributed by atoms with van der Waals surface area (Å²) in [7, 11) is 0. The topological polar surface area (TPSA) is 89.9 Å². The van der Waals surface area contributed by atoms with Crippen LogP contribution in [0.15, 0.2) is 24.3 Å². The van der Waals surface area contributed by atoms with Gasteiger partial charge in [0.15, 0.2) is 6.10 Å². The molecule has 96 valence electrons. The van der Waals surface area contributed by atoms with Gasteiger partial charge >= 0.3 is 5.97 Å². The zero-order valence-corrected chi connectivity index (χ0v) is 9.67. The van der Waals surface area contributed by atoms with E-state index in [0.717, 1.165) is 0 Å². The third-order valence-corrected chi connectivity index (χ3v) is 2.84. The number of anilines is 1. The molecule has 3 N–H and O–H groups in total. The number of para-hydroxylation sites is 1. The van der Waals surface area contributed by atoms with Crippen molar-refractivity contribution in [2.24, 2.45) is 0 Å². The first kappa shape index (κ1) is 12.4. The Hall–Kier alpha value is -2.08. The fourth-order valence-corrected chi connectivity index (χ4v) is 1.98. The molecule has 0 spiro atoms. The molecule has 1 saturated heterocycles. The molecule has 1 unspecified atom stereocenters. The van der Waals surface area contributed by atoms with Crippen LogP contribution < -0.4 is 10.2 Å². The minimum Gasteiger partial charge on any atom is -0.479 e. The second-order valence-corrected chi connectivity index (χ2v) is 4.07. The number of carboxylic acid groups (broad SMARTS) is 1. The number of piperazine rings is 1. The molecule has 1 aromatic rings. The normalized spacial score (nSPS) is 17.2. The quantitative estimate of drug-likeness (QED) is 0.687. The number of rotatable bonds is 3. The summed E-state index contributed by atoms with van der Waals surface area (Å²) in [5.41, 5.74) is 0.891. The molecule has 1 aromatic carbocycles. The molecule has 1 aliphatic rings. The van der Waals surface area contributed by atoms with Crippen molar-refractivity contribution in [2.45, 2.75) is 6.10 Å². The number of carbonyl (C=O) groups is 2. The van der Waals surface area contributed by atoms with Crippen molar-refractivity contribution in [1.29, 1.82) is 0 Å². The van der Waals surface area contributed by atoms with Gasteiger partial charge in [0.1, 0.15) is 0 Å². The van der Waals surface area contributed by atoms with Crippen LogP contribution in [0.1, 0.15) is 11.7 Å². The highest BCUT2D eigenvalue weighted by Crippen LogP contribution is 2.26. The molecule has 2 rings (SSSR count). The van der Waals surface area contributed by atoms with Crippen molar-refractivity contribution in [1.82, 2.24) is 5.32 Å². The van der Waals surface area contributed by atoms with Crippen LogP contribution in [-0.2, 0) is 9.59 Å². The predicted octanol–water partition coefficient (Wildman–Crippen LogP) is -0.259. The molecular formula is C12H14N2O4. The lowest BCUT2D eigenvalue weighted by Gasteiger charge is -2.30. The van der Waals surface area contributed by atoms with Gasteiger partial charge in [-0.3, -0.25) is 4.79 Å². The Morgan fingerprint density at radius 1 is 1.39 bits per heavy atom. The molecule has 1 amide bonds. The van der Waals surface area contributed by atoms with E-state index in [1.54, 1.807) is 29.2 Å². The monoisotopic (exact) mass is 250 g/mol. The van der Waals surface area contributed by atoms with Gasteiger partial charge in [-0.15, -0.1) is 0 Å². The van der Waals surface area contributed by atoms with E-state index >= 15 is 0 Å².